The maximum absolute atomic E-state index is 11.4. The molecule has 3 fully saturated rings. The summed E-state index contributed by atoms with van der Waals surface area (Å²) in [6, 6.07) is 108. The van der Waals surface area contributed by atoms with Crippen molar-refractivity contribution in [1.82, 2.24) is 0 Å². The highest BCUT2D eigenvalue weighted by Gasteiger charge is 2.62. The minimum atomic E-state index is -4.10. The van der Waals surface area contributed by atoms with Crippen LogP contribution in [0, 0.1) is 0 Å². The number of nitrogens with zero attached hydrogens (tertiary/aromatic N) is 8. The molecule has 150 heavy (non-hydrogen) atoms. The number of rotatable bonds is 32. The van der Waals surface area contributed by atoms with Crippen molar-refractivity contribution in [2.45, 2.75) is 102 Å². The average molecular weight is 2140 g/mol. The molecule has 0 aliphatic carbocycles. The minimum Gasteiger partial charge on any atom is -0.378 e. The molecule has 3 atom stereocenters. The fourth-order valence-corrected chi connectivity index (χ4v) is 23.0. The first kappa shape index (κ1) is 112. The second-order valence-corrected chi connectivity index (χ2v) is 48.1. The molecule has 0 bridgehead atoms. The lowest BCUT2D eigenvalue weighted by molar-refractivity contribution is 0.000279. The van der Waals surface area contributed by atoms with Crippen LogP contribution in [0.5, 0.6) is 0 Å². The number of anilines is 12. The van der Waals surface area contributed by atoms with E-state index in [4.69, 9.17) is 57.0 Å². The first-order valence-corrected chi connectivity index (χ1v) is 58.5. The number of hydrogen-bond donors (Lipinski definition) is 9. The predicted molar refractivity (Wildman–Crippen MR) is 620 cm³/mol. The standard InChI is InChI=1S/C36H35NO6P2.C22H25ClN2O.C22H26N2O.C20H20ClNO.C20H31N3O6P2/c38-44(39,40)25-23-28-11-17-33(18-12-28)37(34-19-13-29(14-20-34)24-26-45(41,42)43)35-21-15-30(16-22-35)27-36(31-7-3-1-4-8-31)32-9-5-2-6-10-32;1-21(2)19-15-17(23)7-10-20(19)25-13-14-26-22(21,25)12-11-16-5-8-18(9-6-16)24(3)4;1-21(2)19-7-5-6-8-20(19)24-15-16-25-22(21,24)14-13-17-9-11-18(12-10-17)23(3)4;1-19(2)17-5-3-4-6-18(17)22-13-14-23-20(19,22)12-11-15-7-9-16(21)10-8-15;1-3-22(13-15-30(24,25)26)19-9-5-17(6-10-19)21-18-7-11-20(12-8-18)23(4-2)14-16-31(27,28)29/h1-22,27H,23-26H2,(H2,38,39,40)(H2,41,42,43);5-12,15H,13-14H2,1-4H3;5-14H,15-16H2,1-4H3;3-12H,13-14H2,1-2H3;5-12,21H,3-4,13-16H2,1-2H3,(H2,24,25,26)(H2,27,28,29)/b;12-11-;14-13-;12-11-;. The fourth-order valence-electron chi connectivity index (χ4n) is 20.6. The lowest BCUT2D eigenvalue weighted by atomic mass is 9.77. The highest BCUT2D eigenvalue weighted by molar-refractivity contribution is 7.52. The molecular weight excluding hydrogens is 2000 g/mol. The van der Waals surface area contributed by atoms with Crippen LogP contribution in [0.2, 0.25) is 10.0 Å². The minimum absolute atomic E-state index is 0.0971. The Balaban J connectivity index is 0.000000143. The van der Waals surface area contributed by atoms with Gasteiger partial charge < -0.3 is 97.9 Å². The van der Waals surface area contributed by atoms with Gasteiger partial charge in [-0.3, -0.25) is 18.3 Å². The highest BCUT2D eigenvalue weighted by Crippen LogP contribution is 2.59. The van der Waals surface area contributed by atoms with Crippen molar-refractivity contribution in [3.8, 4) is 0 Å². The van der Waals surface area contributed by atoms with Gasteiger partial charge in [0.1, 0.15) is 0 Å². The van der Waals surface area contributed by atoms with Crippen LogP contribution < -0.4 is 44.5 Å². The van der Waals surface area contributed by atoms with Crippen LogP contribution >= 0.6 is 53.6 Å². The maximum Gasteiger partial charge on any atom is 0.327 e. The van der Waals surface area contributed by atoms with E-state index < -0.39 is 47.6 Å². The van der Waals surface area contributed by atoms with Gasteiger partial charge in [-0.1, -0.05) is 253 Å². The molecule has 0 saturated carbocycles. The van der Waals surface area contributed by atoms with E-state index in [1.54, 1.807) is 0 Å². The SMILES string of the molecule is CC1(C)c2ccccc2N2CCOC21/C=C\c1ccc(Cl)cc1.CCN(CCP(=O)(O)O)c1ccc(Nc2ccc(N(CC)CCP(=O)(O)O)cc2)cc1.CN(C)c1ccc(/C=C\C23OCCN2c2ccc(Cl)cc2C3(C)C)cc1.CN(C)c1ccc(/C=C\C23OCCN2c2ccccc2C3(C)C)cc1.O=P(O)(O)CCc1ccc(N(c2ccc(C=C(c3ccccc3)c3ccccc3)cc2)c2ccc(CCP(=O)(O)O)cc2)cc1. The molecule has 0 amide bonds. The van der Waals surface area contributed by atoms with Gasteiger partial charge in [-0.05, 0) is 269 Å². The summed E-state index contributed by atoms with van der Waals surface area (Å²) in [6.07, 6.45) is 15.1. The maximum atomic E-state index is 11.4. The molecule has 13 aromatic carbocycles. The van der Waals surface area contributed by atoms with Crippen molar-refractivity contribution < 1.29 is 71.6 Å². The molecule has 6 aliphatic heterocycles. The summed E-state index contributed by atoms with van der Waals surface area (Å²) in [6.45, 7) is 24.3. The second kappa shape index (κ2) is 48.0. The van der Waals surface area contributed by atoms with Crippen molar-refractivity contribution >= 4 is 152 Å². The Labute approximate surface area is 892 Å². The number of para-hydroxylation sites is 2. The Bertz CT molecular complexity index is 6890. The smallest absolute Gasteiger partial charge is 0.327 e. The molecule has 0 radical (unpaired) electrons. The van der Waals surface area contributed by atoms with E-state index in [1.165, 1.54) is 56.3 Å². The predicted octanol–water partition coefficient (Wildman–Crippen LogP) is 25.7. The van der Waals surface area contributed by atoms with Crippen molar-refractivity contribution in [3.63, 3.8) is 0 Å². The first-order valence-electron chi connectivity index (χ1n) is 50.6. The summed E-state index contributed by atoms with van der Waals surface area (Å²) in [5, 5.41) is 4.83. The van der Waals surface area contributed by atoms with Crippen LogP contribution in [0.3, 0.4) is 0 Å². The molecule has 9 N–H and O–H groups in total. The van der Waals surface area contributed by atoms with Gasteiger partial charge >= 0.3 is 30.4 Å². The lowest BCUT2D eigenvalue weighted by Crippen LogP contribution is -2.51. The number of aryl methyl sites for hydroxylation is 2. The monoisotopic (exact) mass is 2140 g/mol. The van der Waals surface area contributed by atoms with E-state index in [1.807, 2.05) is 200 Å². The van der Waals surface area contributed by atoms with Crippen LogP contribution in [0.25, 0.3) is 29.9 Å². The van der Waals surface area contributed by atoms with E-state index in [9.17, 15) is 37.8 Å². The van der Waals surface area contributed by atoms with Gasteiger partial charge in [0.15, 0.2) is 17.2 Å². The van der Waals surface area contributed by atoms with Gasteiger partial charge in [0.25, 0.3) is 0 Å². The molecule has 24 nitrogen and oxygen atoms in total. The van der Waals surface area contributed by atoms with Crippen LogP contribution in [0.15, 0.2) is 340 Å². The fraction of sp³-hybridized carbons (Fsp3) is 0.283. The van der Waals surface area contributed by atoms with E-state index in [0.717, 1.165) is 128 Å². The van der Waals surface area contributed by atoms with Crippen molar-refractivity contribution in [3.05, 3.63) is 411 Å². The molecule has 0 spiro atoms. The van der Waals surface area contributed by atoms with Gasteiger partial charge in [0.2, 0.25) is 0 Å². The zero-order valence-electron chi connectivity index (χ0n) is 87.0. The normalized spacial score (nSPS) is 17.8. The molecule has 6 heterocycles. The molecule has 0 aromatic heterocycles. The number of nitrogens with one attached hydrogen (secondary N) is 1. The average Bonchev–Trinajstić information content (AvgIpc) is 1.55. The van der Waals surface area contributed by atoms with Crippen molar-refractivity contribution in [2.24, 2.45) is 0 Å². The van der Waals surface area contributed by atoms with Crippen molar-refractivity contribution in [2.75, 3.05) is 163 Å². The Kier molecular flexibility index (Phi) is 35.9. The summed E-state index contributed by atoms with van der Waals surface area (Å²) in [5.74, 6) is 0. The van der Waals surface area contributed by atoms with Gasteiger partial charge in [0.05, 0.1) is 44.5 Å². The van der Waals surface area contributed by atoms with Crippen LogP contribution in [-0.4, -0.2) is 175 Å². The van der Waals surface area contributed by atoms with Gasteiger partial charge in [-0.15, -0.1) is 0 Å². The number of hydrogen-bond acceptors (Lipinski definition) is 16. The molecule has 6 aliphatic rings. The topological polar surface area (TPSA) is 296 Å². The first-order chi connectivity index (χ1) is 71.4. The lowest BCUT2D eigenvalue weighted by Gasteiger charge is -2.39. The molecular formula is C120H137Cl2N9O15P4. The zero-order valence-corrected chi connectivity index (χ0v) is 92.1. The third-order valence-electron chi connectivity index (χ3n) is 28.9. The van der Waals surface area contributed by atoms with E-state index >= 15 is 0 Å². The molecule has 786 valence electrons. The summed E-state index contributed by atoms with van der Waals surface area (Å²) in [7, 11) is -8.03. The largest absolute Gasteiger partial charge is 0.378 e. The summed E-state index contributed by atoms with van der Waals surface area (Å²) in [5.41, 5.74) is 24.1. The quantitative estimate of drug-likeness (QED) is 0.0140. The van der Waals surface area contributed by atoms with E-state index in [-0.39, 0.29) is 66.8 Å². The van der Waals surface area contributed by atoms with Crippen LogP contribution in [0.4, 0.5) is 68.2 Å². The van der Waals surface area contributed by atoms with Gasteiger partial charge in [-0.25, -0.2) is 0 Å². The van der Waals surface area contributed by atoms with Crippen LogP contribution in [0.1, 0.15) is 117 Å². The Morgan fingerprint density at radius 2 is 0.647 bits per heavy atom. The molecule has 3 saturated heterocycles. The van der Waals surface area contributed by atoms with E-state index in [2.05, 4.69) is 293 Å². The summed E-state index contributed by atoms with van der Waals surface area (Å²) < 4.78 is 64.1. The zero-order chi connectivity index (χ0) is 107. The third kappa shape index (κ3) is 26.7. The highest BCUT2D eigenvalue weighted by atomic mass is 35.5. The van der Waals surface area contributed by atoms with Gasteiger partial charge in [0, 0.05) is 169 Å². The Morgan fingerprint density at radius 1 is 0.347 bits per heavy atom. The summed E-state index contributed by atoms with van der Waals surface area (Å²) in [4.78, 5) is 90.8. The number of benzene rings is 13. The Hall–Kier alpha value is -11.9. The molecule has 19 rings (SSSR count). The van der Waals surface area contributed by atoms with Gasteiger partial charge in [-0.2, -0.15) is 0 Å². The molecule has 30 heteroatoms. The number of ether oxygens (including phenoxy) is 3. The Morgan fingerprint density at radius 3 is 0.993 bits per heavy atom. The number of fused-ring (bicyclic) bond motifs is 9. The van der Waals surface area contributed by atoms with Crippen molar-refractivity contribution in [1.29, 1.82) is 0 Å². The second-order valence-electron chi connectivity index (χ2n) is 40.2. The molecule has 13 aromatic rings. The third-order valence-corrected chi connectivity index (χ3v) is 32.6. The van der Waals surface area contributed by atoms with E-state index in [0.29, 0.717) is 13.1 Å². The molecule has 3 unspecified atom stereocenters. The van der Waals surface area contributed by atoms with Crippen LogP contribution in [-0.2, 0) is 61.6 Å². The summed E-state index contributed by atoms with van der Waals surface area (Å²) >= 11 is 12.3. The number of halogens is 2.